The first-order chi connectivity index (χ1) is 35.3. The van der Waals surface area contributed by atoms with Crippen molar-refractivity contribution in [1.82, 2.24) is 48.8 Å². The number of benzene rings is 4. The summed E-state index contributed by atoms with van der Waals surface area (Å²) in [7, 11) is 8.22. The van der Waals surface area contributed by atoms with Crippen LogP contribution in [0.4, 0.5) is 22.7 Å². The summed E-state index contributed by atoms with van der Waals surface area (Å²) in [5.74, 6) is 4.95. The van der Waals surface area contributed by atoms with E-state index in [1.807, 2.05) is 55.6 Å². The molecule has 8 aromatic rings. The molecule has 0 unspecified atom stereocenters. The molecule has 1 aliphatic rings. The van der Waals surface area contributed by atoms with E-state index >= 15 is 0 Å². The van der Waals surface area contributed by atoms with E-state index in [-0.39, 0.29) is 120 Å². The number of aromatic nitrogens is 8. The van der Waals surface area contributed by atoms with Crippen LogP contribution in [0.3, 0.4) is 0 Å². The molecule has 78 heavy (non-hydrogen) atoms. The number of thiocarbonyl (C=S) groups is 2. The minimum atomic E-state index is 0. The second-order valence-electron chi connectivity index (χ2n) is 19.3. The first-order valence-electron chi connectivity index (χ1n) is 25.0. The minimum absolute atomic E-state index is 0. The van der Waals surface area contributed by atoms with Gasteiger partial charge in [-0.05, 0) is 180 Å². The molecule has 18 nitrogen and oxygen atoms in total. The number of rotatable bonds is 5. The zero-order chi connectivity index (χ0) is 56.2. The van der Waals surface area contributed by atoms with Crippen molar-refractivity contribution >= 4 is 108 Å². The second kappa shape index (κ2) is 30.4. The van der Waals surface area contributed by atoms with E-state index < -0.39 is 0 Å². The van der Waals surface area contributed by atoms with E-state index in [0.717, 1.165) is 109 Å². The molecule has 11 N–H and O–H groups in total. The third-order valence-corrected chi connectivity index (χ3v) is 15.5. The van der Waals surface area contributed by atoms with Crippen molar-refractivity contribution in [3.05, 3.63) is 90.1 Å². The number of hydrogen-bond donors (Lipinski definition) is 7. The monoisotopic (exact) mass is 1720 g/mol. The van der Waals surface area contributed by atoms with Crippen LogP contribution in [0.2, 0.25) is 0 Å². The van der Waals surface area contributed by atoms with Crippen LogP contribution in [0.5, 0.6) is 0 Å². The summed E-state index contributed by atoms with van der Waals surface area (Å²) < 4.78 is 15.7. The number of nitrogens with two attached hydrogens (primary N) is 2. The van der Waals surface area contributed by atoms with Crippen LogP contribution in [0, 0.1) is 199 Å². The summed E-state index contributed by atoms with van der Waals surface area (Å²) in [6.45, 7) is 36.2. The molecule has 5 heterocycles. The maximum atomic E-state index is 7.19. The molecule has 4 aromatic heterocycles. The summed E-state index contributed by atoms with van der Waals surface area (Å²) >= 11 is 10.1. The van der Waals surface area contributed by atoms with Crippen LogP contribution in [0.1, 0.15) is 90.1 Å². The quantitative estimate of drug-likeness (QED) is 0.0369. The van der Waals surface area contributed by atoms with Crippen LogP contribution in [0.15, 0.2) is 9.98 Å². The third kappa shape index (κ3) is 14.3. The van der Waals surface area contributed by atoms with E-state index in [1.54, 1.807) is 0 Å². The van der Waals surface area contributed by atoms with Crippen molar-refractivity contribution < 1.29 is 123 Å². The Bertz CT molecular complexity index is 3610. The Hall–Kier alpha value is -2.98. The molecule has 9 rings (SSSR count). The van der Waals surface area contributed by atoms with Crippen molar-refractivity contribution in [2.45, 2.75) is 111 Å². The molecule has 0 spiro atoms. The van der Waals surface area contributed by atoms with Gasteiger partial charge in [-0.2, -0.15) is 4.99 Å². The number of anilines is 3. The average Bonchev–Trinajstić information content (AvgIpc) is 4.22. The Labute approximate surface area is 559 Å². The fourth-order valence-corrected chi connectivity index (χ4v) is 10.1. The van der Waals surface area contributed by atoms with Gasteiger partial charge in [0.2, 0.25) is 0 Å². The first kappa shape index (κ1) is 71.1. The maximum absolute atomic E-state index is 7.19. The molecule has 0 aliphatic carbocycles. The number of aliphatic imine (C=N–C) groups is 2. The molecule has 2 radical (unpaired) electrons. The second-order valence-corrected chi connectivity index (χ2v) is 19.9. The number of hydrogen-bond acceptors (Lipinski definition) is 13. The van der Waals surface area contributed by atoms with Gasteiger partial charge in [-0.3, -0.25) is 4.99 Å². The van der Waals surface area contributed by atoms with Gasteiger partial charge in [-0.1, -0.05) is 0 Å². The third-order valence-electron chi connectivity index (χ3n) is 15.1. The summed E-state index contributed by atoms with van der Waals surface area (Å²) in [6.07, 6.45) is 0. The molecule has 0 bridgehead atoms. The van der Waals surface area contributed by atoms with Gasteiger partial charge in [0.05, 0.1) is 61.5 Å². The van der Waals surface area contributed by atoms with E-state index in [4.69, 9.17) is 43.9 Å². The molecule has 0 fully saturated rings. The van der Waals surface area contributed by atoms with Crippen LogP contribution in [-0.4, -0.2) is 89.1 Å². The molecule has 0 saturated heterocycles. The molecule has 0 saturated carbocycles. The summed E-state index contributed by atoms with van der Waals surface area (Å²) in [5, 5.41) is 16.1. The zero-order valence-corrected chi connectivity index (χ0v) is 66.2. The van der Waals surface area contributed by atoms with E-state index in [0.29, 0.717) is 18.2 Å². The average molecular weight is 1720 g/mol. The Balaban J connectivity index is 0.000000350. The molecular weight excluding hydrogens is 1640 g/mol. The van der Waals surface area contributed by atoms with Crippen molar-refractivity contribution in [2.24, 2.45) is 43.9 Å². The molecule has 411 valence electrons. The van der Waals surface area contributed by atoms with Gasteiger partial charge < -0.3 is 56.5 Å². The number of imidazole rings is 4. The number of guanidine groups is 1. The van der Waals surface area contributed by atoms with Crippen molar-refractivity contribution in [3.8, 4) is 0 Å². The molecular formula is C55H79Ac2HgN16O2S2. The summed E-state index contributed by atoms with van der Waals surface area (Å²) in [4.78, 5) is 27.1. The van der Waals surface area contributed by atoms with Crippen LogP contribution in [0.25, 0.3) is 44.1 Å². The van der Waals surface area contributed by atoms with Gasteiger partial charge in [0.25, 0.3) is 0 Å². The van der Waals surface area contributed by atoms with Gasteiger partial charge in [-0.15, -0.1) is 0 Å². The van der Waals surface area contributed by atoms with E-state index in [2.05, 4.69) is 153 Å². The van der Waals surface area contributed by atoms with Crippen molar-refractivity contribution in [1.29, 1.82) is 0 Å². The van der Waals surface area contributed by atoms with E-state index in [1.165, 1.54) is 66.6 Å². The number of nitrogens with one attached hydrogen (secondary N) is 4. The fourth-order valence-electron chi connectivity index (χ4n) is 9.80. The Kier molecular flexibility index (Phi) is 27.7. The Morgan fingerprint density at radius 3 is 1.36 bits per heavy atom. The topological polar surface area (TPSA) is 248 Å². The SMILES string of the molecule is Cc1c(N)c(C)c2nc(C)n(C)c2c1C.Cc1c(N=C=S)c(C)c2nc(C)n(C)c2c1C.Cc1c(NC(=S)NCCN)c(C)c2nc(C)n(C)c2c1C.Cc1c(NC2=NCCN2)c(C)c2nc(C)n(C)c2c1C.O.[Ac].[Ac].[OH][Hg]. The predicted molar refractivity (Wildman–Crippen MR) is 321 cm³/mol. The molecule has 23 heteroatoms. The van der Waals surface area contributed by atoms with Crippen LogP contribution < -0.4 is 32.7 Å². The van der Waals surface area contributed by atoms with Crippen molar-refractivity contribution in [2.75, 3.05) is 42.5 Å². The molecule has 1 aliphatic heterocycles. The van der Waals surface area contributed by atoms with Gasteiger partial charge in [0.1, 0.15) is 23.3 Å². The van der Waals surface area contributed by atoms with Gasteiger partial charge >= 0.3 is 29.6 Å². The summed E-state index contributed by atoms with van der Waals surface area (Å²) in [5.41, 5.74) is 38.6. The van der Waals surface area contributed by atoms with E-state index in [9.17, 15) is 0 Å². The number of fused-ring (bicyclic) bond motifs is 4. The number of nitrogens with zero attached hydrogens (tertiary/aromatic N) is 10. The fraction of sp³-hybridized carbons (Fsp3) is 0.436. The van der Waals surface area contributed by atoms with Gasteiger partial charge in [-0.25, -0.2) is 19.9 Å². The zero-order valence-electron chi connectivity index (χ0n) is 49.6. The molecule has 4 aromatic carbocycles. The predicted octanol–water partition coefficient (Wildman–Crippen LogP) is 8.78. The Morgan fingerprint density at radius 1 is 0.590 bits per heavy atom. The number of isothiocyanates is 1. The van der Waals surface area contributed by atoms with Gasteiger partial charge in [0.15, 0.2) is 11.1 Å². The Morgan fingerprint density at radius 2 is 0.962 bits per heavy atom. The van der Waals surface area contributed by atoms with Gasteiger partial charge in [0, 0.05) is 175 Å². The normalized spacial score (nSPS) is 11.3. The standard InChI is InChI=1S/C15H23N5S.C15H21N5.C13H15N3S.C12H17N3.2Ac.Hg.2H2O/c1-8-9(2)14-13(18-11(4)20(14)5)10(3)12(8)19-15(21)17-7-6-16;1-8-9(2)14-13(18-11(4)20(14)5)10(3)12(8)19-15-16-6-7-17-15;1-7-8(2)13-12(15-10(4)16(13)5)9(3)11(7)14-6-17;1-6-7(2)12-11(8(3)10(6)13)14-9(4)15(12)5;;;;;/h6-7,16H2,1-5H3,(H2,17,19,21);6-7H2,1-5H3,(H2,16,17,19);1-5H3;13H2,1-5H3;;;;2*1H2/q;;;;;;+1;;/p-1. The van der Waals surface area contributed by atoms with Crippen LogP contribution in [-0.2, 0) is 54.8 Å². The summed E-state index contributed by atoms with van der Waals surface area (Å²) in [6, 6.07) is 0. The first-order valence-corrected chi connectivity index (χ1v) is 28.3. The molecule has 0 atom stereocenters. The number of aryl methyl sites for hydroxylation is 16. The molecule has 0 amide bonds. The van der Waals surface area contributed by atoms with Crippen LogP contribution >= 0.6 is 24.4 Å². The number of nitrogen functional groups attached to an aromatic ring is 1. The van der Waals surface area contributed by atoms with Crippen molar-refractivity contribution in [3.63, 3.8) is 0 Å².